The highest BCUT2D eigenvalue weighted by Gasteiger charge is 2.36. The minimum Gasteiger partial charge on any atom is -0.494 e. The van der Waals surface area contributed by atoms with Gasteiger partial charge in [0.1, 0.15) is 18.7 Å². The predicted molar refractivity (Wildman–Crippen MR) is 134 cm³/mol. The van der Waals surface area contributed by atoms with Crippen LogP contribution in [0.5, 0.6) is 17.4 Å². The lowest BCUT2D eigenvalue weighted by Gasteiger charge is -2.20. The first-order valence-corrected chi connectivity index (χ1v) is 12.1. The quantitative estimate of drug-likeness (QED) is 0.279. The number of imidazole rings is 1. The van der Waals surface area contributed by atoms with Crippen molar-refractivity contribution in [1.29, 1.82) is 0 Å². The summed E-state index contributed by atoms with van der Waals surface area (Å²) in [5.41, 5.74) is 4.71. The Labute approximate surface area is 213 Å². The van der Waals surface area contributed by atoms with Crippen LogP contribution < -0.4 is 9.47 Å². The second-order valence-corrected chi connectivity index (χ2v) is 9.40. The van der Waals surface area contributed by atoms with E-state index in [-0.39, 0.29) is 19.3 Å². The lowest BCUT2D eigenvalue weighted by molar-refractivity contribution is -0.0432. The summed E-state index contributed by atoms with van der Waals surface area (Å²) in [7, 11) is 0. The highest BCUT2D eigenvalue weighted by Crippen LogP contribution is 2.53. The van der Waals surface area contributed by atoms with Crippen molar-refractivity contribution in [3.05, 3.63) is 54.2 Å². The normalized spacial score (nSPS) is 22.6. The molecule has 1 saturated heterocycles. The van der Waals surface area contributed by atoms with E-state index < -0.39 is 18.4 Å². The Balaban J connectivity index is 1.33. The zero-order valence-electron chi connectivity index (χ0n) is 19.7. The van der Waals surface area contributed by atoms with E-state index in [1.807, 2.05) is 24.3 Å². The van der Waals surface area contributed by atoms with Gasteiger partial charge >= 0.3 is 0 Å². The van der Waals surface area contributed by atoms with Crippen LogP contribution >= 0.6 is 0 Å². The Bertz CT molecular complexity index is 1810. The van der Waals surface area contributed by atoms with E-state index >= 15 is 0 Å². The molecule has 8 rings (SSSR count). The van der Waals surface area contributed by atoms with E-state index in [0.717, 1.165) is 22.1 Å². The number of aliphatic imine (C=N–C) groups is 1. The number of nitrogens with zero attached hydrogens (tertiary/aromatic N) is 5. The van der Waals surface area contributed by atoms with E-state index in [9.17, 15) is 15.3 Å². The monoisotopic (exact) mass is 512 g/mol. The molecule has 2 aromatic carbocycles. The van der Waals surface area contributed by atoms with Crippen LogP contribution in [0.15, 0.2) is 48.0 Å². The molecule has 4 N–H and O–H groups in total. The first kappa shape index (κ1) is 21.6. The van der Waals surface area contributed by atoms with E-state index in [1.54, 1.807) is 17.0 Å². The number of rotatable bonds is 3. The van der Waals surface area contributed by atoms with Gasteiger partial charge in [0, 0.05) is 28.3 Å². The fourth-order valence-corrected chi connectivity index (χ4v) is 5.62. The number of H-pyrrole nitrogens is 1. The average molecular weight is 512 g/mol. The maximum atomic E-state index is 10.8. The van der Waals surface area contributed by atoms with Crippen molar-refractivity contribution in [3.63, 3.8) is 0 Å². The number of aliphatic hydroxyl groups excluding tert-OH is 2. The summed E-state index contributed by atoms with van der Waals surface area (Å²) in [6.07, 6.45) is 1.28. The molecule has 12 nitrogen and oxygen atoms in total. The minimum absolute atomic E-state index is 0.00236. The fraction of sp³-hybridized carbons (Fsp3) is 0.231. The van der Waals surface area contributed by atoms with Crippen molar-refractivity contribution < 1.29 is 29.5 Å². The van der Waals surface area contributed by atoms with Gasteiger partial charge in [0.25, 0.3) is 0 Å². The number of benzene rings is 2. The average Bonchev–Trinajstić information content (AvgIpc) is 3.72. The SMILES string of the molecule is OC[C@H]1O[C@@H](n2cnc3c(/N=C4/c5ccccc5-c5c6c(cc7c(O)[nH]c4c57)OCO6)ncnc32)C[C@@H]1O. The van der Waals surface area contributed by atoms with Gasteiger partial charge in [0.05, 0.1) is 30.4 Å². The van der Waals surface area contributed by atoms with Gasteiger partial charge in [-0.3, -0.25) is 4.57 Å². The molecule has 0 radical (unpaired) electrons. The summed E-state index contributed by atoms with van der Waals surface area (Å²) in [4.78, 5) is 21.4. The molecule has 1 fully saturated rings. The van der Waals surface area contributed by atoms with Crippen LogP contribution in [-0.2, 0) is 4.74 Å². The van der Waals surface area contributed by atoms with Crippen molar-refractivity contribution in [2.75, 3.05) is 13.4 Å². The summed E-state index contributed by atoms with van der Waals surface area (Å²) in [6, 6.07) is 9.57. The third-order valence-electron chi connectivity index (χ3n) is 7.35. The Morgan fingerprint density at radius 2 is 2.00 bits per heavy atom. The molecule has 0 saturated carbocycles. The van der Waals surface area contributed by atoms with Crippen molar-refractivity contribution in [3.8, 4) is 28.5 Å². The molecular formula is C26H20N6O6. The smallest absolute Gasteiger partial charge is 0.231 e. The molecular weight excluding hydrogens is 492 g/mol. The third kappa shape index (κ3) is 2.84. The van der Waals surface area contributed by atoms with Crippen LogP contribution in [0.4, 0.5) is 5.82 Å². The largest absolute Gasteiger partial charge is 0.494 e. The van der Waals surface area contributed by atoms with Crippen LogP contribution in [0.1, 0.15) is 23.9 Å². The number of aromatic hydroxyl groups is 1. The molecule has 1 aliphatic carbocycles. The highest BCUT2D eigenvalue weighted by atomic mass is 16.7. The van der Waals surface area contributed by atoms with Gasteiger partial charge in [-0.25, -0.2) is 19.9 Å². The van der Waals surface area contributed by atoms with Crippen LogP contribution in [0, 0.1) is 0 Å². The van der Waals surface area contributed by atoms with E-state index in [4.69, 9.17) is 19.2 Å². The Hall–Kier alpha value is -4.52. The van der Waals surface area contributed by atoms with Gasteiger partial charge in [-0.05, 0) is 11.6 Å². The van der Waals surface area contributed by atoms with Gasteiger partial charge in [-0.1, -0.05) is 24.3 Å². The number of hydrogen-bond acceptors (Lipinski definition) is 10. The van der Waals surface area contributed by atoms with Gasteiger partial charge in [0.15, 0.2) is 34.4 Å². The molecule has 38 heavy (non-hydrogen) atoms. The molecule has 190 valence electrons. The van der Waals surface area contributed by atoms with Crippen LogP contribution in [-0.4, -0.2) is 71.1 Å². The molecule has 3 aliphatic rings. The topological polar surface area (TPSA) is 160 Å². The van der Waals surface area contributed by atoms with Gasteiger partial charge in [-0.2, -0.15) is 0 Å². The van der Waals surface area contributed by atoms with E-state index in [0.29, 0.717) is 51.7 Å². The Morgan fingerprint density at radius 1 is 1.13 bits per heavy atom. The van der Waals surface area contributed by atoms with Crippen molar-refractivity contribution >= 4 is 33.5 Å². The standard InChI is InChI=1S/C26H20N6O6/c33-7-16-14(34)6-17(38-16)32-9-29-22-24(27-8-28-25(22)32)30-20-12-4-2-1-3-11(12)19-18-13(26(35)31-21(18)20)5-15-23(19)37-10-36-15/h1-5,8-9,14,16-17,31,33-35H,6-7,10H2/b30-20-/t14-,16+,17+/m0/s1. The molecule has 0 spiro atoms. The van der Waals surface area contributed by atoms with Crippen LogP contribution in [0.2, 0.25) is 0 Å². The lowest BCUT2D eigenvalue weighted by Crippen LogP contribution is -2.24. The number of fused-ring (bicyclic) bond motifs is 5. The van der Waals surface area contributed by atoms with E-state index in [2.05, 4.69) is 19.9 Å². The highest BCUT2D eigenvalue weighted by molar-refractivity contribution is 6.30. The van der Waals surface area contributed by atoms with Gasteiger partial charge in [0.2, 0.25) is 6.79 Å². The third-order valence-corrected chi connectivity index (χ3v) is 7.35. The summed E-state index contributed by atoms with van der Waals surface area (Å²) < 4.78 is 19.0. The summed E-state index contributed by atoms with van der Waals surface area (Å²) in [5.74, 6) is 1.55. The predicted octanol–water partition coefficient (Wildman–Crippen LogP) is 2.53. The number of aromatic nitrogens is 5. The minimum atomic E-state index is -0.790. The number of nitrogens with one attached hydrogen (secondary N) is 1. The number of aromatic amines is 1. The lowest BCUT2D eigenvalue weighted by atomic mass is 9.85. The number of hydrogen-bond donors (Lipinski definition) is 4. The summed E-state index contributed by atoms with van der Waals surface area (Å²) >= 11 is 0. The number of ether oxygens (including phenoxy) is 3. The van der Waals surface area contributed by atoms with Gasteiger partial charge in [-0.15, -0.1) is 0 Å². The van der Waals surface area contributed by atoms with Crippen molar-refractivity contribution in [2.45, 2.75) is 24.9 Å². The molecule has 3 atom stereocenters. The molecule has 12 heteroatoms. The maximum Gasteiger partial charge on any atom is 0.231 e. The molecule has 2 aliphatic heterocycles. The molecule has 0 unspecified atom stereocenters. The summed E-state index contributed by atoms with van der Waals surface area (Å²) in [5, 5.41) is 31.9. The number of aliphatic hydroxyl groups is 2. The zero-order chi connectivity index (χ0) is 25.5. The van der Waals surface area contributed by atoms with Crippen LogP contribution in [0.3, 0.4) is 0 Å². The van der Waals surface area contributed by atoms with Crippen molar-refractivity contribution in [1.82, 2.24) is 24.5 Å². The summed E-state index contributed by atoms with van der Waals surface area (Å²) in [6.45, 7) is -0.170. The second-order valence-electron chi connectivity index (χ2n) is 9.40. The molecule has 5 heterocycles. The molecule has 0 amide bonds. The first-order valence-electron chi connectivity index (χ1n) is 12.1. The zero-order valence-corrected chi connectivity index (χ0v) is 19.7. The Morgan fingerprint density at radius 3 is 2.84 bits per heavy atom. The Kier molecular flexibility index (Phi) is 4.39. The van der Waals surface area contributed by atoms with Gasteiger partial charge < -0.3 is 34.5 Å². The van der Waals surface area contributed by atoms with Crippen LogP contribution in [0.25, 0.3) is 33.1 Å². The molecule has 0 bridgehead atoms. The first-order chi connectivity index (χ1) is 18.6. The van der Waals surface area contributed by atoms with Crippen molar-refractivity contribution in [2.24, 2.45) is 4.99 Å². The van der Waals surface area contributed by atoms with E-state index in [1.165, 1.54) is 6.33 Å². The second kappa shape index (κ2) is 7.74. The molecule has 3 aromatic heterocycles. The fourth-order valence-electron chi connectivity index (χ4n) is 5.62. The molecule has 5 aromatic rings. The maximum absolute atomic E-state index is 10.8.